The number of aromatic nitrogens is 2. The third-order valence-electron chi connectivity index (χ3n) is 4.40. The Morgan fingerprint density at radius 1 is 1.30 bits per heavy atom. The number of fused-ring (bicyclic) bond motifs is 1. The predicted molar refractivity (Wildman–Crippen MR) is 107 cm³/mol. The number of nitrogens with one attached hydrogen (secondary N) is 2. The molecule has 1 atom stereocenters. The van der Waals surface area contributed by atoms with Gasteiger partial charge in [-0.25, -0.2) is 4.98 Å². The fourth-order valence-corrected chi connectivity index (χ4v) is 3.43. The zero-order chi connectivity index (χ0) is 19.4. The maximum atomic E-state index is 12.8. The number of amides is 1. The predicted octanol–water partition coefficient (Wildman–Crippen LogP) is 4.00. The number of para-hydroxylation sites is 2. The molecule has 3 rings (SSSR count). The second-order valence-corrected chi connectivity index (χ2v) is 7.14. The maximum absolute atomic E-state index is 12.8. The molecule has 140 valence electrons. The highest BCUT2D eigenvalue weighted by atomic mass is 32.2. The standard InChI is InChI=1S/C19H20N4O3S/c1-12-13(6-5-9-17(12)23(25)26)19(24)22-16(10-11-27-2)18-20-14-7-3-4-8-15(14)21-18/h3-9,16H,10-11H2,1-2H3,(H,20,21)(H,22,24)/t16-/m1/s1. The van der Waals surface area contributed by atoms with E-state index in [1.807, 2.05) is 30.5 Å². The topological polar surface area (TPSA) is 101 Å². The summed E-state index contributed by atoms with van der Waals surface area (Å²) in [5, 5.41) is 14.1. The number of nitro benzene ring substituents is 1. The minimum atomic E-state index is -0.476. The van der Waals surface area contributed by atoms with Crippen molar-refractivity contribution in [1.29, 1.82) is 0 Å². The maximum Gasteiger partial charge on any atom is 0.273 e. The molecule has 0 unspecified atom stereocenters. The lowest BCUT2D eigenvalue weighted by molar-refractivity contribution is -0.385. The molecule has 0 aliphatic rings. The number of imidazole rings is 1. The molecule has 27 heavy (non-hydrogen) atoms. The van der Waals surface area contributed by atoms with Gasteiger partial charge in [0.25, 0.3) is 11.6 Å². The quantitative estimate of drug-likeness (QED) is 0.473. The van der Waals surface area contributed by atoms with Crippen molar-refractivity contribution >= 4 is 34.4 Å². The van der Waals surface area contributed by atoms with Crippen LogP contribution in [0.4, 0.5) is 5.69 Å². The number of thioether (sulfide) groups is 1. The molecule has 0 aliphatic heterocycles. The van der Waals surface area contributed by atoms with Gasteiger partial charge in [-0.05, 0) is 43.6 Å². The van der Waals surface area contributed by atoms with Crippen molar-refractivity contribution in [2.45, 2.75) is 19.4 Å². The van der Waals surface area contributed by atoms with Crippen molar-refractivity contribution in [3.63, 3.8) is 0 Å². The Kier molecular flexibility index (Phi) is 5.75. The van der Waals surface area contributed by atoms with Crippen molar-refractivity contribution in [1.82, 2.24) is 15.3 Å². The highest BCUT2D eigenvalue weighted by molar-refractivity contribution is 7.98. The smallest absolute Gasteiger partial charge is 0.273 e. The lowest BCUT2D eigenvalue weighted by atomic mass is 10.1. The summed E-state index contributed by atoms with van der Waals surface area (Å²) in [6, 6.07) is 11.9. The molecule has 2 N–H and O–H groups in total. The molecular weight excluding hydrogens is 364 g/mol. The van der Waals surface area contributed by atoms with Gasteiger partial charge in [0, 0.05) is 17.2 Å². The summed E-state index contributed by atoms with van der Waals surface area (Å²) in [4.78, 5) is 31.3. The second-order valence-electron chi connectivity index (χ2n) is 6.15. The minimum absolute atomic E-state index is 0.0629. The molecule has 1 heterocycles. The Bertz CT molecular complexity index is 953. The van der Waals surface area contributed by atoms with Gasteiger partial charge >= 0.3 is 0 Å². The van der Waals surface area contributed by atoms with Gasteiger partial charge in [0.2, 0.25) is 0 Å². The van der Waals surface area contributed by atoms with Gasteiger partial charge in [0.1, 0.15) is 5.82 Å². The molecule has 0 saturated heterocycles. The minimum Gasteiger partial charge on any atom is -0.342 e. The van der Waals surface area contributed by atoms with Crippen molar-refractivity contribution in [3.8, 4) is 0 Å². The fraction of sp³-hybridized carbons (Fsp3) is 0.263. The average molecular weight is 384 g/mol. The van der Waals surface area contributed by atoms with E-state index in [1.54, 1.807) is 24.8 Å². The molecule has 0 spiro atoms. The fourth-order valence-electron chi connectivity index (χ4n) is 2.95. The van der Waals surface area contributed by atoms with Crippen LogP contribution in [0.3, 0.4) is 0 Å². The van der Waals surface area contributed by atoms with Gasteiger partial charge in [0.05, 0.1) is 22.0 Å². The molecule has 0 radical (unpaired) electrons. The van der Waals surface area contributed by atoms with Crippen molar-refractivity contribution in [3.05, 3.63) is 69.5 Å². The van der Waals surface area contributed by atoms with Crippen molar-refractivity contribution in [2.75, 3.05) is 12.0 Å². The highest BCUT2D eigenvalue weighted by Gasteiger charge is 2.22. The number of carbonyl (C=O) groups excluding carboxylic acids is 1. The van der Waals surface area contributed by atoms with Crippen LogP contribution in [0.1, 0.15) is 34.2 Å². The first-order chi connectivity index (χ1) is 13.0. The Labute approximate surface area is 160 Å². The van der Waals surface area contributed by atoms with Crippen LogP contribution < -0.4 is 5.32 Å². The molecule has 2 aromatic carbocycles. The van der Waals surface area contributed by atoms with Crippen LogP contribution >= 0.6 is 11.8 Å². The summed E-state index contributed by atoms with van der Waals surface area (Å²) < 4.78 is 0. The molecule has 0 aliphatic carbocycles. The normalized spacial score (nSPS) is 12.1. The van der Waals surface area contributed by atoms with Gasteiger partial charge in [-0.15, -0.1) is 0 Å². The molecule has 3 aromatic rings. The molecule has 0 saturated carbocycles. The molecule has 1 amide bonds. The highest BCUT2D eigenvalue weighted by Crippen LogP contribution is 2.24. The molecule has 0 fully saturated rings. The number of H-pyrrole nitrogens is 1. The van der Waals surface area contributed by atoms with Crippen LogP contribution in [-0.2, 0) is 0 Å². The summed E-state index contributed by atoms with van der Waals surface area (Å²) in [7, 11) is 0. The molecule has 7 nitrogen and oxygen atoms in total. The van der Waals surface area contributed by atoms with Gasteiger partial charge in [0.15, 0.2) is 0 Å². The molecule has 1 aromatic heterocycles. The van der Waals surface area contributed by atoms with E-state index < -0.39 is 4.92 Å². The summed E-state index contributed by atoms with van der Waals surface area (Å²) in [6.45, 7) is 1.59. The Hall–Kier alpha value is -2.87. The first-order valence-corrected chi connectivity index (χ1v) is 9.89. The van der Waals surface area contributed by atoms with Crippen molar-refractivity contribution < 1.29 is 9.72 Å². The number of benzene rings is 2. The summed E-state index contributed by atoms with van der Waals surface area (Å²) in [5.74, 6) is 1.18. The molecule has 8 heteroatoms. The van der Waals surface area contributed by atoms with Crippen LogP contribution in [0.15, 0.2) is 42.5 Å². The van der Waals surface area contributed by atoms with E-state index in [4.69, 9.17) is 0 Å². The number of aromatic amines is 1. The van der Waals surface area contributed by atoms with E-state index in [2.05, 4.69) is 15.3 Å². The number of hydrogen-bond acceptors (Lipinski definition) is 5. The van der Waals surface area contributed by atoms with Gasteiger partial charge in [-0.1, -0.05) is 18.2 Å². The Balaban J connectivity index is 1.89. The number of nitro groups is 1. The molecule has 0 bridgehead atoms. The van der Waals surface area contributed by atoms with E-state index >= 15 is 0 Å². The van der Waals surface area contributed by atoms with Crippen LogP contribution in [0.25, 0.3) is 11.0 Å². The first kappa shape index (κ1) is 18.9. The largest absolute Gasteiger partial charge is 0.342 e. The summed E-state index contributed by atoms with van der Waals surface area (Å²) in [5.41, 5.74) is 2.33. The Morgan fingerprint density at radius 3 is 2.78 bits per heavy atom. The molecular formula is C19H20N4O3S. The van der Waals surface area contributed by atoms with Crippen LogP contribution in [0.5, 0.6) is 0 Å². The van der Waals surface area contributed by atoms with Gasteiger partial charge in [-0.3, -0.25) is 14.9 Å². The first-order valence-electron chi connectivity index (χ1n) is 8.49. The van der Waals surface area contributed by atoms with E-state index in [-0.39, 0.29) is 17.6 Å². The van der Waals surface area contributed by atoms with Crippen LogP contribution in [0, 0.1) is 17.0 Å². The second kappa shape index (κ2) is 8.22. The third-order valence-corrected chi connectivity index (χ3v) is 5.04. The van der Waals surface area contributed by atoms with Crippen molar-refractivity contribution in [2.24, 2.45) is 0 Å². The summed E-state index contributed by atoms with van der Waals surface area (Å²) >= 11 is 1.68. The Morgan fingerprint density at radius 2 is 2.07 bits per heavy atom. The van der Waals surface area contributed by atoms with E-state index in [9.17, 15) is 14.9 Å². The van der Waals surface area contributed by atoms with E-state index in [1.165, 1.54) is 12.1 Å². The third kappa shape index (κ3) is 4.11. The zero-order valence-corrected chi connectivity index (χ0v) is 15.9. The SMILES string of the molecule is CSCC[C@@H](NC(=O)c1cccc([N+](=O)[O-])c1C)c1nc2ccccc2[nH]1. The number of rotatable bonds is 7. The lowest BCUT2D eigenvalue weighted by Crippen LogP contribution is -2.30. The lowest BCUT2D eigenvalue weighted by Gasteiger charge is -2.17. The van der Waals surface area contributed by atoms with E-state index in [0.29, 0.717) is 23.4 Å². The number of nitrogens with zero attached hydrogens (tertiary/aromatic N) is 2. The van der Waals surface area contributed by atoms with E-state index in [0.717, 1.165) is 16.8 Å². The summed E-state index contributed by atoms with van der Waals surface area (Å²) in [6.07, 6.45) is 2.70. The van der Waals surface area contributed by atoms with Gasteiger partial charge < -0.3 is 10.3 Å². The average Bonchev–Trinajstić information content (AvgIpc) is 3.08. The number of hydrogen-bond donors (Lipinski definition) is 2. The number of carbonyl (C=O) groups is 1. The van der Waals surface area contributed by atoms with Crippen LogP contribution in [0.2, 0.25) is 0 Å². The van der Waals surface area contributed by atoms with Gasteiger partial charge in [-0.2, -0.15) is 11.8 Å². The zero-order valence-electron chi connectivity index (χ0n) is 15.1. The van der Waals surface area contributed by atoms with Crippen LogP contribution in [-0.4, -0.2) is 32.8 Å². The monoisotopic (exact) mass is 384 g/mol.